The van der Waals surface area contributed by atoms with Crippen molar-refractivity contribution in [3.63, 3.8) is 0 Å². The predicted molar refractivity (Wildman–Crippen MR) is 75.3 cm³/mol. The van der Waals surface area contributed by atoms with Crippen molar-refractivity contribution in [1.29, 1.82) is 0 Å². The lowest BCUT2D eigenvalue weighted by Gasteiger charge is -2.33. The molecule has 0 unspecified atom stereocenters. The van der Waals surface area contributed by atoms with Crippen LogP contribution in [0.25, 0.3) is 0 Å². The number of non-ortho nitro benzene ring substituents is 1. The van der Waals surface area contributed by atoms with Gasteiger partial charge in [-0.05, 0) is 31.7 Å². The summed E-state index contributed by atoms with van der Waals surface area (Å²) in [5.74, 6) is -0.525. The van der Waals surface area contributed by atoms with Gasteiger partial charge in [0.2, 0.25) is 0 Å². The van der Waals surface area contributed by atoms with Crippen LogP contribution in [0.2, 0.25) is 0 Å². The van der Waals surface area contributed by atoms with E-state index in [1.165, 1.54) is 25.3 Å². The van der Waals surface area contributed by atoms with Gasteiger partial charge in [0.25, 0.3) is 5.69 Å². The van der Waals surface area contributed by atoms with E-state index in [0.29, 0.717) is 18.2 Å². The standard InChI is InChI=1S/C14H18N2O4/c1-2-15(9-10-4-3-5-10)13-7-6-11(16(19)20)8-12(13)14(17)18/h6-8,10H,2-5,9H2,1H3,(H,17,18). The van der Waals surface area contributed by atoms with Crippen LogP contribution in [0.4, 0.5) is 11.4 Å². The van der Waals surface area contributed by atoms with Gasteiger partial charge in [0, 0.05) is 25.2 Å². The van der Waals surface area contributed by atoms with Crippen molar-refractivity contribution in [2.75, 3.05) is 18.0 Å². The molecule has 1 N–H and O–H groups in total. The Morgan fingerprint density at radius 2 is 2.20 bits per heavy atom. The number of benzene rings is 1. The maximum absolute atomic E-state index is 11.3. The molecular formula is C14H18N2O4. The zero-order valence-corrected chi connectivity index (χ0v) is 11.4. The average molecular weight is 278 g/mol. The lowest BCUT2D eigenvalue weighted by Crippen LogP contribution is -2.33. The Morgan fingerprint density at radius 3 is 2.65 bits per heavy atom. The van der Waals surface area contributed by atoms with Gasteiger partial charge in [-0.2, -0.15) is 0 Å². The molecule has 1 aliphatic rings. The van der Waals surface area contributed by atoms with Crippen LogP contribution in [0.15, 0.2) is 18.2 Å². The van der Waals surface area contributed by atoms with Crippen LogP contribution < -0.4 is 4.90 Å². The van der Waals surface area contributed by atoms with Crippen molar-refractivity contribution in [2.24, 2.45) is 5.92 Å². The van der Waals surface area contributed by atoms with Crippen molar-refractivity contribution in [1.82, 2.24) is 0 Å². The summed E-state index contributed by atoms with van der Waals surface area (Å²) in [6.07, 6.45) is 3.58. The first kappa shape index (κ1) is 14.3. The molecule has 1 aromatic carbocycles. The van der Waals surface area contributed by atoms with E-state index in [-0.39, 0.29) is 11.3 Å². The first-order chi connectivity index (χ1) is 9.52. The molecule has 0 saturated heterocycles. The monoisotopic (exact) mass is 278 g/mol. The molecule has 20 heavy (non-hydrogen) atoms. The van der Waals surface area contributed by atoms with Crippen molar-refractivity contribution < 1.29 is 14.8 Å². The normalized spacial score (nSPS) is 14.7. The SMILES string of the molecule is CCN(CC1CCC1)c1ccc([N+](=O)[O-])cc1C(=O)O. The molecule has 1 fully saturated rings. The summed E-state index contributed by atoms with van der Waals surface area (Å²) in [4.78, 5) is 23.5. The summed E-state index contributed by atoms with van der Waals surface area (Å²) in [5, 5.41) is 20.0. The maximum Gasteiger partial charge on any atom is 0.338 e. The van der Waals surface area contributed by atoms with Gasteiger partial charge >= 0.3 is 5.97 Å². The quantitative estimate of drug-likeness (QED) is 0.639. The van der Waals surface area contributed by atoms with Gasteiger partial charge in [0.05, 0.1) is 16.2 Å². The highest BCUT2D eigenvalue weighted by atomic mass is 16.6. The smallest absolute Gasteiger partial charge is 0.338 e. The van der Waals surface area contributed by atoms with Crippen LogP contribution in [0.5, 0.6) is 0 Å². The molecule has 1 aliphatic carbocycles. The fourth-order valence-corrected chi connectivity index (χ4v) is 2.47. The van der Waals surface area contributed by atoms with Crippen LogP contribution in [-0.2, 0) is 0 Å². The number of carboxylic acids is 1. The second-order valence-corrected chi connectivity index (χ2v) is 5.10. The van der Waals surface area contributed by atoms with Crippen LogP contribution in [0, 0.1) is 16.0 Å². The number of hydrogen-bond donors (Lipinski definition) is 1. The third-order valence-electron chi connectivity index (χ3n) is 3.85. The number of nitrogens with zero attached hydrogens (tertiary/aromatic N) is 2. The minimum absolute atomic E-state index is 0.000346. The molecule has 0 spiro atoms. The number of aromatic carboxylic acids is 1. The van der Waals surface area contributed by atoms with Gasteiger partial charge < -0.3 is 10.0 Å². The van der Waals surface area contributed by atoms with E-state index < -0.39 is 10.9 Å². The van der Waals surface area contributed by atoms with Gasteiger partial charge in [-0.3, -0.25) is 10.1 Å². The molecule has 2 rings (SSSR count). The number of hydrogen-bond acceptors (Lipinski definition) is 4. The fourth-order valence-electron chi connectivity index (χ4n) is 2.47. The molecule has 1 saturated carbocycles. The van der Waals surface area contributed by atoms with E-state index >= 15 is 0 Å². The summed E-state index contributed by atoms with van der Waals surface area (Å²) in [6.45, 7) is 3.47. The minimum atomic E-state index is -1.13. The molecule has 0 bridgehead atoms. The van der Waals surface area contributed by atoms with E-state index in [1.807, 2.05) is 11.8 Å². The van der Waals surface area contributed by atoms with Crippen LogP contribution in [0.3, 0.4) is 0 Å². The summed E-state index contributed by atoms with van der Waals surface area (Å²) in [7, 11) is 0. The van der Waals surface area contributed by atoms with Crippen LogP contribution >= 0.6 is 0 Å². The summed E-state index contributed by atoms with van der Waals surface area (Å²) in [6, 6.07) is 4.05. The molecule has 0 heterocycles. The Morgan fingerprint density at radius 1 is 1.50 bits per heavy atom. The van der Waals surface area contributed by atoms with Gasteiger partial charge in [-0.1, -0.05) is 6.42 Å². The summed E-state index contributed by atoms with van der Waals surface area (Å²) >= 11 is 0. The zero-order valence-electron chi connectivity index (χ0n) is 11.4. The Kier molecular flexibility index (Phi) is 4.22. The van der Waals surface area contributed by atoms with Gasteiger partial charge in [0.15, 0.2) is 0 Å². The topological polar surface area (TPSA) is 83.7 Å². The van der Waals surface area contributed by atoms with E-state index in [2.05, 4.69) is 0 Å². The van der Waals surface area contributed by atoms with Crippen LogP contribution in [-0.4, -0.2) is 29.1 Å². The molecule has 0 aromatic heterocycles. The van der Waals surface area contributed by atoms with E-state index in [1.54, 1.807) is 6.07 Å². The number of rotatable bonds is 6. The molecule has 6 heteroatoms. The molecule has 1 aromatic rings. The van der Waals surface area contributed by atoms with Crippen molar-refractivity contribution in [3.8, 4) is 0 Å². The molecule has 0 atom stereocenters. The Hall–Kier alpha value is -2.11. The first-order valence-electron chi connectivity index (χ1n) is 6.79. The van der Waals surface area contributed by atoms with Crippen molar-refractivity contribution >= 4 is 17.3 Å². The molecule has 0 radical (unpaired) electrons. The summed E-state index contributed by atoms with van der Waals surface area (Å²) in [5.41, 5.74) is 0.378. The largest absolute Gasteiger partial charge is 0.478 e. The second kappa shape index (κ2) is 5.90. The van der Waals surface area contributed by atoms with Crippen LogP contribution in [0.1, 0.15) is 36.5 Å². The van der Waals surface area contributed by atoms with Crippen molar-refractivity contribution in [3.05, 3.63) is 33.9 Å². The van der Waals surface area contributed by atoms with Gasteiger partial charge in [-0.25, -0.2) is 4.79 Å². The highest BCUT2D eigenvalue weighted by Crippen LogP contribution is 2.31. The Labute approximate surface area is 117 Å². The third-order valence-corrected chi connectivity index (χ3v) is 3.85. The highest BCUT2D eigenvalue weighted by molar-refractivity contribution is 5.95. The Bertz CT molecular complexity index is 526. The number of anilines is 1. The maximum atomic E-state index is 11.3. The molecular weight excluding hydrogens is 260 g/mol. The molecule has 108 valence electrons. The van der Waals surface area contributed by atoms with Crippen molar-refractivity contribution in [2.45, 2.75) is 26.2 Å². The van der Waals surface area contributed by atoms with Gasteiger partial charge in [-0.15, -0.1) is 0 Å². The lowest BCUT2D eigenvalue weighted by molar-refractivity contribution is -0.384. The molecule has 6 nitrogen and oxygen atoms in total. The second-order valence-electron chi connectivity index (χ2n) is 5.10. The third kappa shape index (κ3) is 2.89. The predicted octanol–water partition coefficient (Wildman–Crippen LogP) is 2.92. The average Bonchev–Trinajstić information content (AvgIpc) is 2.37. The zero-order chi connectivity index (χ0) is 14.7. The van der Waals surface area contributed by atoms with E-state index in [4.69, 9.17) is 0 Å². The fraction of sp³-hybridized carbons (Fsp3) is 0.500. The molecule has 0 aliphatic heterocycles. The summed E-state index contributed by atoms with van der Waals surface area (Å²) < 4.78 is 0. The number of carboxylic acid groups (broad SMARTS) is 1. The molecule has 0 amide bonds. The number of nitro benzene ring substituents is 1. The lowest BCUT2D eigenvalue weighted by atomic mass is 9.85. The van der Waals surface area contributed by atoms with Gasteiger partial charge in [0.1, 0.15) is 0 Å². The van der Waals surface area contributed by atoms with E-state index in [9.17, 15) is 20.0 Å². The number of carbonyl (C=O) groups is 1. The first-order valence-corrected chi connectivity index (χ1v) is 6.79. The highest BCUT2D eigenvalue weighted by Gasteiger charge is 2.24. The Balaban J connectivity index is 2.32. The number of nitro groups is 1. The minimum Gasteiger partial charge on any atom is -0.478 e. The van der Waals surface area contributed by atoms with E-state index in [0.717, 1.165) is 12.6 Å².